The Bertz CT molecular complexity index is 778. The first-order valence-electron chi connectivity index (χ1n) is 10.5. The van der Waals surface area contributed by atoms with E-state index in [-0.39, 0.29) is 23.9 Å². The highest BCUT2D eigenvalue weighted by molar-refractivity contribution is 5.93. The zero-order chi connectivity index (χ0) is 20.2. The molecule has 0 unspecified atom stereocenters. The van der Waals surface area contributed by atoms with Crippen molar-refractivity contribution in [3.05, 3.63) is 29.8 Å². The molecule has 0 radical (unpaired) electrons. The number of nitrogens with zero attached hydrogens (tertiary/aromatic N) is 3. The quantitative estimate of drug-likeness (QED) is 0.842. The van der Waals surface area contributed by atoms with Gasteiger partial charge in [-0.15, -0.1) is 0 Å². The van der Waals surface area contributed by atoms with Crippen molar-refractivity contribution in [2.75, 3.05) is 44.6 Å². The van der Waals surface area contributed by atoms with Gasteiger partial charge in [0.05, 0.1) is 12.5 Å². The van der Waals surface area contributed by atoms with Gasteiger partial charge in [-0.2, -0.15) is 0 Å². The molecule has 3 heterocycles. The third kappa shape index (κ3) is 4.63. The van der Waals surface area contributed by atoms with Crippen molar-refractivity contribution < 1.29 is 19.1 Å². The Morgan fingerprint density at radius 2 is 1.86 bits per heavy atom. The minimum atomic E-state index is -0.301. The van der Waals surface area contributed by atoms with Gasteiger partial charge in [0.1, 0.15) is 6.61 Å². The van der Waals surface area contributed by atoms with Gasteiger partial charge in [-0.1, -0.05) is 12.1 Å². The second-order valence-electron chi connectivity index (χ2n) is 7.99. The summed E-state index contributed by atoms with van der Waals surface area (Å²) in [5.41, 5.74) is 1.65. The van der Waals surface area contributed by atoms with E-state index >= 15 is 0 Å². The summed E-state index contributed by atoms with van der Waals surface area (Å²) < 4.78 is 4.96. The highest BCUT2D eigenvalue weighted by Gasteiger charge is 2.31. The summed E-state index contributed by atoms with van der Waals surface area (Å²) in [4.78, 5) is 42.5. The standard InChI is InChI=1S/C21H28N4O4/c26-19(17-6-4-10-24(15-17)20(27)23-8-1-2-9-23)22-18-7-3-5-16(13-18)14-25-11-12-29-21(25)28/h3,5,7,13,17H,1-2,4,6,8-12,14-15H2,(H,22,26)/t17-/m0/s1. The van der Waals surface area contributed by atoms with Crippen molar-refractivity contribution in [2.45, 2.75) is 32.2 Å². The molecular formula is C21H28N4O4. The van der Waals surface area contributed by atoms with Crippen LogP contribution in [-0.4, -0.2) is 72.1 Å². The summed E-state index contributed by atoms with van der Waals surface area (Å²) in [5, 5.41) is 2.99. The fourth-order valence-electron chi connectivity index (χ4n) is 4.25. The molecule has 0 spiro atoms. The van der Waals surface area contributed by atoms with E-state index in [0.717, 1.165) is 50.9 Å². The van der Waals surface area contributed by atoms with Gasteiger partial charge in [-0.3, -0.25) is 4.79 Å². The normalized spacial score (nSPS) is 22.0. The number of hydrogen-bond donors (Lipinski definition) is 1. The Morgan fingerprint density at radius 3 is 2.62 bits per heavy atom. The van der Waals surface area contributed by atoms with E-state index in [1.54, 1.807) is 4.90 Å². The van der Waals surface area contributed by atoms with Crippen LogP contribution in [0.3, 0.4) is 0 Å². The van der Waals surface area contributed by atoms with Gasteiger partial charge in [-0.05, 0) is 43.4 Å². The van der Waals surface area contributed by atoms with Gasteiger partial charge in [0.25, 0.3) is 0 Å². The van der Waals surface area contributed by atoms with Gasteiger partial charge in [-0.25, -0.2) is 9.59 Å². The van der Waals surface area contributed by atoms with Gasteiger partial charge in [0.2, 0.25) is 5.91 Å². The Balaban J connectivity index is 1.34. The number of likely N-dealkylation sites (tertiary alicyclic amines) is 2. The number of cyclic esters (lactones) is 1. The van der Waals surface area contributed by atoms with Gasteiger partial charge < -0.3 is 24.8 Å². The topological polar surface area (TPSA) is 82.2 Å². The molecule has 1 N–H and O–H groups in total. The minimum absolute atomic E-state index is 0.0540. The van der Waals surface area contributed by atoms with Gasteiger partial charge in [0, 0.05) is 38.4 Å². The SMILES string of the molecule is O=C(Nc1cccc(CN2CCOC2=O)c1)[C@H]1CCCN(C(=O)N2CCCC2)C1. The van der Waals surface area contributed by atoms with Crippen molar-refractivity contribution >= 4 is 23.7 Å². The molecule has 1 aromatic rings. The van der Waals surface area contributed by atoms with Crippen LogP contribution in [-0.2, 0) is 16.1 Å². The maximum atomic E-state index is 12.8. The highest BCUT2D eigenvalue weighted by Crippen LogP contribution is 2.22. The average Bonchev–Trinajstić information content (AvgIpc) is 3.40. The molecule has 3 saturated heterocycles. The Hall–Kier alpha value is -2.77. The minimum Gasteiger partial charge on any atom is -0.448 e. The molecule has 1 atom stereocenters. The Kier molecular flexibility index (Phi) is 5.87. The number of carbonyl (C=O) groups excluding carboxylic acids is 3. The van der Waals surface area contributed by atoms with Crippen molar-refractivity contribution in [2.24, 2.45) is 5.92 Å². The predicted molar refractivity (Wildman–Crippen MR) is 107 cm³/mol. The van der Waals surface area contributed by atoms with E-state index in [9.17, 15) is 14.4 Å². The molecule has 3 fully saturated rings. The zero-order valence-corrected chi connectivity index (χ0v) is 16.6. The summed E-state index contributed by atoms with van der Waals surface area (Å²) in [6, 6.07) is 7.60. The lowest BCUT2D eigenvalue weighted by molar-refractivity contribution is -0.121. The van der Waals surface area contributed by atoms with Crippen LogP contribution in [0.5, 0.6) is 0 Å². The lowest BCUT2D eigenvalue weighted by atomic mass is 9.97. The van der Waals surface area contributed by atoms with E-state index in [2.05, 4.69) is 5.32 Å². The van der Waals surface area contributed by atoms with E-state index in [1.165, 1.54) is 0 Å². The maximum Gasteiger partial charge on any atom is 0.410 e. The molecular weight excluding hydrogens is 372 g/mol. The van der Waals surface area contributed by atoms with Crippen LogP contribution in [0.15, 0.2) is 24.3 Å². The van der Waals surface area contributed by atoms with E-state index < -0.39 is 0 Å². The predicted octanol–water partition coefficient (Wildman–Crippen LogP) is 2.51. The first-order valence-corrected chi connectivity index (χ1v) is 10.5. The Morgan fingerprint density at radius 1 is 1.07 bits per heavy atom. The summed E-state index contributed by atoms with van der Waals surface area (Å²) in [7, 11) is 0. The monoisotopic (exact) mass is 400 g/mol. The number of urea groups is 1. The van der Waals surface area contributed by atoms with Crippen molar-refractivity contribution in [3.63, 3.8) is 0 Å². The number of carbonyl (C=O) groups is 3. The number of nitrogens with one attached hydrogen (secondary N) is 1. The van der Waals surface area contributed by atoms with Crippen LogP contribution in [0.25, 0.3) is 0 Å². The second-order valence-corrected chi connectivity index (χ2v) is 7.99. The molecule has 4 rings (SSSR count). The first kappa shape index (κ1) is 19.5. The second kappa shape index (κ2) is 8.71. The molecule has 29 heavy (non-hydrogen) atoms. The van der Waals surface area contributed by atoms with E-state index in [0.29, 0.717) is 31.9 Å². The number of benzene rings is 1. The van der Waals surface area contributed by atoms with Crippen molar-refractivity contribution in [3.8, 4) is 0 Å². The van der Waals surface area contributed by atoms with E-state index in [4.69, 9.17) is 4.74 Å². The average molecular weight is 400 g/mol. The first-order chi connectivity index (χ1) is 14.1. The fraction of sp³-hybridized carbons (Fsp3) is 0.571. The molecule has 0 bridgehead atoms. The molecule has 8 heteroatoms. The summed E-state index contributed by atoms with van der Waals surface area (Å²) in [6.45, 7) is 4.31. The number of amides is 4. The number of hydrogen-bond acceptors (Lipinski definition) is 4. The molecule has 3 aliphatic heterocycles. The maximum absolute atomic E-state index is 12.8. The third-order valence-electron chi connectivity index (χ3n) is 5.85. The zero-order valence-electron chi connectivity index (χ0n) is 16.6. The summed E-state index contributed by atoms with van der Waals surface area (Å²) in [6.07, 6.45) is 3.46. The number of anilines is 1. The lowest BCUT2D eigenvalue weighted by Gasteiger charge is -2.34. The highest BCUT2D eigenvalue weighted by atomic mass is 16.6. The van der Waals surface area contributed by atoms with Gasteiger partial charge in [0.15, 0.2) is 0 Å². The van der Waals surface area contributed by atoms with Crippen LogP contribution in [0.2, 0.25) is 0 Å². The van der Waals surface area contributed by atoms with Crippen molar-refractivity contribution in [1.82, 2.24) is 14.7 Å². The number of rotatable bonds is 4. The largest absolute Gasteiger partial charge is 0.448 e. The van der Waals surface area contributed by atoms with Crippen LogP contribution in [0, 0.1) is 5.92 Å². The Labute approximate surface area is 170 Å². The molecule has 0 aliphatic carbocycles. The molecule has 0 aromatic heterocycles. The van der Waals surface area contributed by atoms with Crippen LogP contribution in [0.1, 0.15) is 31.2 Å². The van der Waals surface area contributed by atoms with Crippen molar-refractivity contribution in [1.29, 1.82) is 0 Å². The molecule has 4 amide bonds. The van der Waals surface area contributed by atoms with Crippen LogP contribution >= 0.6 is 0 Å². The fourth-order valence-corrected chi connectivity index (χ4v) is 4.25. The molecule has 156 valence electrons. The molecule has 8 nitrogen and oxygen atoms in total. The molecule has 0 saturated carbocycles. The summed E-state index contributed by atoms with van der Waals surface area (Å²) in [5.74, 6) is -0.255. The molecule has 3 aliphatic rings. The number of ether oxygens (including phenoxy) is 1. The third-order valence-corrected chi connectivity index (χ3v) is 5.85. The summed E-state index contributed by atoms with van der Waals surface area (Å²) >= 11 is 0. The van der Waals surface area contributed by atoms with E-state index in [1.807, 2.05) is 34.1 Å². The number of piperidine rings is 1. The molecule has 1 aromatic carbocycles. The smallest absolute Gasteiger partial charge is 0.410 e. The van der Waals surface area contributed by atoms with Gasteiger partial charge >= 0.3 is 12.1 Å². The van der Waals surface area contributed by atoms with Crippen LogP contribution in [0.4, 0.5) is 15.3 Å². The lowest BCUT2D eigenvalue weighted by Crippen LogP contribution is -2.48. The van der Waals surface area contributed by atoms with Crippen LogP contribution < -0.4 is 5.32 Å².